The maximum atomic E-state index is 3.89. The van der Waals surface area contributed by atoms with Gasteiger partial charge in [0.05, 0.1) is 17.1 Å². The van der Waals surface area contributed by atoms with Crippen LogP contribution in [-0.2, 0) is 0 Å². The van der Waals surface area contributed by atoms with E-state index in [-0.39, 0.29) is 12.2 Å². The van der Waals surface area contributed by atoms with E-state index in [1.54, 1.807) is 0 Å². The van der Waals surface area contributed by atoms with Gasteiger partial charge in [-0.15, -0.1) is 11.3 Å². The van der Waals surface area contributed by atoms with Gasteiger partial charge in [-0.1, -0.05) is 133 Å². The first-order chi connectivity index (χ1) is 24.8. The number of hydrogen-bond donors (Lipinski definition) is 2. The first kappa shape index (κ1) is 29.0. The maximum absolute atomic E-state index is 3.89. The molecule has 10 rings (SSSR count). The SMILES string of the molecule is C1=C(c2ccccc2)NC(c2cccc(-n3c4ccccc4c4cc(-c5cccc6c5sc5ccccc56)ccc43)c2)NC1c1ccccc1. The molecule has 0 bridgehead atoms. The van der Waals surface area contributed by atoms with E-state index in [2.05, 4.69) is 191 Å². The summed E-state index contributed by atoms with van der Waals surface area (Å²) < 4.78 is 5.09. The third-order valence-corrected chi connectivity index (χ3v) is 11.3. The van der Waals surface area contributed by atoms with Crippen molar-refractivity contribution in [2.45, 2.75) is 12.2 Å². The van der Waals surface area contributed by atoms with Gasteiger partial charge in [-0.25, -0.2) is 0 Å². The van der Waals surface area contributed by atoms with Crippen molar-refractivity contribution in [2.75, 3.05) is 0 Å². The quantitative estimate of drug-likeness (QED) is 0.193. The molecule has 0 amide bonds. The average Bonchev–Trinajstić information content (AvgIpc) is 3.74. The molecular formula is C46H33N3S. The highest BCUT2D eigenvalue weighted by atomic mass is 32.1. The number of rotatable bonds is 5. The Morgan fingerprint density at radius 1 is 0.500 bits per heavy atom. The smallest absolute Gasteiger partial charge is 0.104 e. The van der Waals surface area contributed by atoms with Crippen LogP contribution in [0.1, 0.15) is 28.9 Å². The molecule has 3 nitrogen and oxygen atoms in total. The molecule has 0 saturated heterocycles. The van der Waals surface area contributed by atoms with Crippen LogP contribution in [-0.4, -0.2) is 4.57 Å². The molecule has 1 aliphatic rings. The molecule has 238 valence electrons. The van der Waals surface area contributed by atoms with Crippen LogP contribution < -0.4 is 10.6 Å². The minimum Gasteiger partial charge on any atom is -0.366 e. The van der Waals surface area contributed by atoms with Gasteiger partial charge in [0.1, 0.15) is 6.17 Å². The molecule has 1 aliphatic heterocycles. The zero-order valence-electron chi connectivity index (χ0n) is 27.3. The number of benzene rings is 7. The standard InChI is InChI=1S/C46H33N3S/c1-3-13-30(14-4-1)40-29-41(31-15-5-2-6-16-31)48-46(47-40)33-17-11-18-34(27-33)49-42-23-9-7-19-36(42)39-28-32(25-26-43(39)49)35-21-12-22-38-37-20-8-10-24-44(37)50-45(35)38/h1-29,40,46-48H. The zero-order valence-corrected chi connectivity index (χ0v) is 28.1. The molecule has 9 aromatic rings. The largest absolute Gasteiger partial charge is 0.366 e. The van der Waals surface area contributed by atoms with E-state index in [1.165, 1.54) is 69.8 Å². The van der Waals surface area contributed by atoms with Crippen LogP contribution in [0.25, 0.3) is 64.5 Å². The third-order valence-electron chi connectivity index (χ3n) is 10.1. The van der Waals surface area contributed by atoms with Crippen LogP contribution in [0, 0.1) is 0 Å². The minimum absolute atomic E-state index is 0.0679. The number of hydrogen-bond acceptors (Lipinski definition) is 3. The van der Waals surface area contributed by atoms with Gasteiger partial charge in [-0.2, -0.15) is 0 Å². The number of fused-ring (bicyclic) bond motifs is 6. The average molecular weight is 660 g/mol. The predicted octanol–water partition coefficient (Wildman–Crippen LogP) is 11.8. The van der Waals surface area contributed by atoms with Gasteiger partial charge in [0.25, 0.3) is 0 Å². The number of aromatic nitrogens is 1. The topological polar surface area (TPSA) is 29.0 Å². The molecule has 0 fully saturated rings. The molecule has 0 radical (unpaired) electrons. The fourth-order valence-corrected chi connectivity index (χ4v) is 8.94. The van der Waals surface area contributed by atoms with E-state index in [9.17, 15) is 0 Å². The molecule has 2 atom stereocenters. The van der Waals surface area contributed by atoms with Crippen LogP contribution in [0.3, 0.4) is 0 Å². The van der Waals surface area contributed by atoms with Crippen molar-refractivity contribution in [3.05, 3.63) is 193 Å². The first-order valence-corrected chi connectivity index (χ1v) is 18.0. The third kappa shape index (κ3) is 4.84. The highest BCUT2D eigenvalue weighted by Gasteiger charge is 2.25. The molecule has 0 aliphatic carbocycles. The Hall–Kier alpha value is -5.94. The lowest BCUT2D eigenvalue weighted by molar-refractivity contribution is 0.442. The Balaban J connectivity index is 1.08. The summed E-state index contributed by atoms with van der Waals surface area (Å²) in [6.07, 6.45) is 2.22. The highest BCUT2D eigenvalue weighted by molar-refractivity contribution is 7.26. The van der Waals surface area contributed by atoms with E-state index in [4.69, 9.17) is 0 Å². The Morgan fingerprint density at radius 2 is 1.20 bits per heavy atom. The van der Waals surface area contributed by atoms with E-state index in [1.807, 2.05) is 11.3 Å². The molecule has 0 spiro atoms. The van der Waals surface area contributed by atoms with Gasteiger partial charge in [0.15, 0.2) is 0 Å². The molecule has 50 heavy (non-hydrogen) atoms. The van der Waals surface area contributed by atoms with Gasteiger partial charge >= 0.3 is 0 Å². The van der Waals surface area contributed by atoms with Crippen molar-refractivity contribution in [1.29, 1.82) is 0 Å². The van der Waals surface area contributed by atoms with E-state index >= 15 is 0 Å². The highest BCUT2D eigenvalue weighted by Crippen LogP contribution is 2.42. The number of nitrogens with zero attached hydrogens (tertiary/aromatic N) is 1. The molecule has 2 N–H and O–H groups in total. The molecule has 2 aromatic heterocycles. The monoisotopic (exact) mass is 659 g/mol. The van der Waals surface area contributed by atoms with Crippen LogP contribution in [0.15, 0.2) is 176 Å². The molecule has 0 saturated carbocycles. The molecule has 7 aromatic carbocycles. The minimum atomic E-state index is -0.0816. The molecular weight excluding hydrogens is 627 g/mol. The van der Waals surface area contributed by atoms with E-state index in [0.29, 0.717) is 0 Å². The second kappa shape index (κ2) is 11.9. The fraction of sp³-hybridized carbons (Fsp3) is 0.0435. The second-order valence-corrected chi connectivity index (χ2v) is 14.1. The Morgan fingerprint density at radius 3 is 2.08 bits per heavy atom. The van der Waals surface area contributed by atoms with Gasteiger partial charge < -0.3 is 9.88 Å². The lowest BCUT2D eigenvalue weighted by atomic mass is 9.98. The lowest BCUT2D eigenvalue weighted by Gasteiger charge is -2.33. The summed E-state index contributed by atoms with van der Waals surface area (Å²) in [6, 6.07) is 61.6. The van der Waals surface area contributed by atoms with Gasteiger partial charge in [-0.05, 0) is 70.3 Å². The Bertz CT molecular complexity index is 2720. The molecule has 4 heteroatoms. The van der Waals surface area contributed by atoms with E-state index in [0.717, 1.165) is 11.4 Å². The van der Waals surface area contributed by atoms with Gasteiger partial charge in [-0.3, -0.25) is 5.32 Å². The lowest BCUT2D eigenvalue weighted by Crippen LogP contribution is -2.39. The summed E-state index contributed by atoms with van der Waals surface area (Å²) in [5.74, 6) is 0. The summed E-state index contributed by atoms with van der Waals surface area (Å²) in [7, 11) is 0. The van der Waals surface area contributed by atoms with Crippen LogP contribution >= 0.6 is 11.3 Å². The molecule has 3 heterocycles. The Kier molecular flexibility index (Phi) is 6.90. The number of nitrogens with one attached hydrogen (secondary N) is 2. The van der Waals surface area contributed by atoms with Crippen molar-refractivity contribution >= 4 is 59.0 Å². The van der Waals surface area contributed by atoms with Crippen molar-refractivity contribution < 1.29 is 0 Å². The van der Waals surface area contributed by atoms with Crippen molar-refractivity contribution in [3.8, 4) is 16.8 Å². The first-order valence-electron chi connectivity index (χ1n) is 17.2. The predicted molar refractivity (Wildman–Crippen MR) is 212 cm³/mol. The summed E-state index contributed by atoms with van der Waals surface area (Å²) in [5.41, 5.74) is 10.8. The van der Waals surface area contributed by atoms with Crippen LogP contribution in [0.5, 0.6) is 0 Å². The van der Waals surface area contributed by atoms with Crippen LogP contribution in [0.4, 0.5) is 0 Å². The number of para-hydroxylation sites is 1. The van der Waals surface area contributed by atoms with Crippen molar-refractivity contribution in [1.82, 2.24) is 15.2 Å². The normalized spacial score (nSPS) is 16.2. The number of thiophene rings is 1. The van der Waals surface area contributed by atoms with Crippen molar-refractivity contribution in [3.63, 3.8) is 0 Å². The molecule has 2 unspecified atom stereocenters. The summed E-state index contributed by atoms with van der Waals surface area (Å²) in [4.78, 5) is 0. The van der Waals surface area contributed by atoms with E-state index < -0.39 is 0 Å². The van der Waals surface area contributed by atoms with Gasteiger partial charge in [0, 0.05) is 42.3 Å². The Labute approximate surface area is 294 Å². The summed E-state index contributed by atoms with van der Waals surface area (Å²) >= 11 is 1.89. The van der Waals surface area contributed by atoms with Gasteiger partial charge in [0.2, 0.25) is 0 Å². The second-order valence-electron chi connectivity index (χ2n) is 13.0. The maximum Gasteiger partial charge on any atom is 0.104 e. The summed E-state index contributed by atoms with van der Waals surface area (Å²) in [6.45, 7) is 0. The fourth-order valence-electron chi connectivity index (χ4n) is 7.71. The van der Waals surface area contributed by atoms with Crippen LogP contribution in [0.2, 0.25) is 0 Å². The van der Waals surface area contributed by atoms with Crippen molar-refractivity contribution in [2.24, 2.45) is 0 Å². The zero-order chi connectivity index (χ0) is 33.0. The summed E-state index contributed by atoms with van der Waals surface area (Å²) in [5, 5.41) is 12.9.